The molecular formula is C24H18N2O5. The fourth-order valence-electron chi connectivity index (χ4n) is 3.09. The highest BCUT2D eigenvalue weighted by atomic mass is 16.5. The van der Waals surface area contributed by atoms with Gasteiger partial charge in [-0.3, -0.25) is 14.4 Å². The SMILES string of the molecule is COc1cccc(NC(=O)c2ccccc2NC(=O)c2cc(=O)c3ccccc3o2)c1. The Kier molecular flexibility index (Phi) is 5.49. The van der Waals surface area contributed by atoms with Crippen LogP contribution in [-0.2, 0) is 0 Å². The Labute approximate surface area is 177 Å². The molecule has 0 saturated carbocycles. The minimum Gasteiger partial charge on any atom is -0.497 e. The third kappa shape index (κ3) is 4.30. The number of ether oxygens (including phenoxy) is 1. The average molecular weight is 414 g/mol. The van der Waals surface area contributed by atoms with Crippen LogP contribution in [0.3, 0.4) is 0 Å². The number of carbonyl (C=O) groups excluding carboxylic acids is 2. The summed E-state index contributed by atoms with van der Waals surface area (Å²) in [4.78, 5) is 37.8. The van der Waals surface area contributed by atoms with Crippen LogP contribution in [0, 0.1) is 0 Å². The molecule has 3 aromatic carbocycles. The van der Waals surface area contributed by atoms with E-state index in [2.05, 4.69) is 10.6 Å². The first-order valence-electron chi connectivity index (χ1n) is 9.44. The molecule has 0 aliphatic carbocycles. The molecule has 31 heavy (non-hydrogen) atoms. The van der Waals surface area contributed by atoms with Gasteiger partial charge in [0.15, 0.2) is 11.2 Å². The number of benzene rings is 3. The van der Waals surface area contributed by atoms with E-state index in [0.29, 0.717) is 22.4 Å². The molecule has 0 aliphatic rings. The smallest absolute Gasteiger partial charge is 0.291 e. The first-order valence-corrected chi connectivity index (χ1v) is 9.44. The summed E-state index contributed by atoms with van der Waals surface area (Å²) < 4.78 is 10.7. The molecule has 0 radical (unpaired) electrons. The number of hydrogen-bond donors (Lipinski definition) is 2. The number of carbonyl (C=O) groups is 2. The molecule has 7 nitrogen and oxygen atoms in total. The maximum Gasteiger partial charge on any atom is 0.291 e. The lowest BCUT2D eigenvalue weighted by atomic mass is 10.1. The molecule has 0 fully saturated rings. The highest BCUT2D eigenvalue weighted by Crippen LogP contribution is 2.21. The van der Waals surface area contributed by atoms with E-state index in [4.69, 9.17) is 9.15 Å². The van der Waals surface area contributed by atoms with Crippen molar-refractivity contribution in [1.82, 2.24) is 0 Å². The van der Waals surface area contributed by atoms with Gasteiger partial charge in [0.2, 0.25) is 0 Å². The van der Waals surface area contributed by atoms with E-state index in [0.717, 1.165) is 6.07 Å². The Balaban J connectivity index is 1.59. The standard InChI is InChI=1S/C24H18N2O5/c1-30-16-8-6-7-15(13-16)25-23(28)17-9-2-4-11-19(17)26-24(29)22-14-20(27)18-10-3-5-12-21(18)31-22/h2-14H,1H3,(H,25,28)(H,26,29). The molecule has 4 aromatic rings. The maximum atomic E-state index is 12.8. The van der Waals surface area contributed by atoms with Crippen molar-refractivity contribution in [3.05, 3.63) is 100 Å². The lowest BCUT2D eigenvalue weighted by molar-refractivity contribution is 0.0997. The van der Waals surface area contributed by atoms with Gasteiger partial charge in [-0.25, -0.2) is 0 Å². The lowest BCUT2D eigenvalue weighted by Gasteiger charge is -2.12. The van der Waals surface area contributed by atoms with Crippen molar-refractivity contribution < 1.29 is 18.7 Å². The number of methoxy groups -OCH3 is 1. The monoisotopic (exact) mass is 414 g/mol. The van der Waals surface area contributed by atoms with Crippen LogP contribution >= 0.6 is 0 Å². The van der Waals surface area contributed by atoms with Crippen molar-refractivity contribution in [3.8, 4) is 5.75 Å². The van der Waals surface area contributed by atoms with E-state index >= 15 is 0 Å². The topological polar surface area (TPSA) is 97.6 Å². The summed E-state index contributed by atoms with van der Waals surface area (Å²) in [6.45, 7) is 0. The van der Waals surface area contributed by atoms with Crippen molar-refractivity contribution in [2.24, 2.45) is 0 Å². The van der Waals surface area contributed by atoms with E-state index < -0.39 is 11.8 Å². The van der Waals surface area contributed by atoms with Crippen LogP contribution in [0.4, 0.5) is 11.4 Å². The number of nitrogens with one attached hydrogen (secondary N) is 2. The lowest BCUT2D eigenvalue weighted by Crippen LogP contribution is -2.19. The molecule has 154 valence electrons. The van der Waals surface area contributed by atoms with Gasteiger partial charge in [0.1, 0.15) is 11.3 Å². The minimum absolute atomic E-state index is 0.147. The molecule has 0 spiro atoms. The summed E-state index contributed by atoms with van der Waals surface area (Å²) in [6, 6.07) is 21.3. The van der Waals surface area contributed by atoms with Crippen LogP contribution < -0.4 is 20.8 Å². The van der Waals surface area contributed by atoms with Gasteiger partial charge >= 0.3 is 0 Å². The number of rotatable bonds is 5. The van der Waals surface area contributed by atoms with Gasteiger partial charge in [-0.1, -0.05) is 30.3 Å². The van der Waals surface area contributed by atoms with Gasteiger partial charge in [0, 0.05) is 17.8 Å². The van der Waals surface area contributed by atoms with Crippen LogP contribution in [-0.4, -0.2) is 18.9 Å². The van der Waals surface area contributed by atoms with Gasteiger partial charge in [-0.2, -0.15) is 0 Å². The summed E-state index contributed by atoms with van der Waals surface area (Å²) in [7, 11) is 1.54. The maximum absolute atomic E-state index is 12.8. The average Bonchev–Trinajstić information content (AvgIpc) is 2.79. The fourth-order valence-corrected chi connectivity index (χ4v) is 3.09. The summed E-state index contributed by atoms with van der Waals surface area (Å²) >= 11 is 0. The molecule has 0 unspecified atom stereocenters. The Bertz CT molecular complexity index is 1340. The zero-order valence-corrected chi connectivity index (χ0v) is 16.5. The van der Waals surface area contributed by atoms with E-state index in [1.54, 1.807) is 72.8 Å². The van der Waals surface area contributed by atoms with Crippen molar-refractivity contribution in [3.63, 3.8) is 0 Å². The molecule has 4 rings (SSSR count). The number of amides is 2. The van der Waals surface area contributed by atoms with Gasteiger partial charge in [0.25, 0.3) is 11.8 Å². The predicted octanol–water partition coefficient (Wildman–Crippen LogP) is 4.31. The first kappa shape index (κ1) is 19.9. The van der Waals surface area contributed by atoms with Gasteiger partial charge < -0.3 is 19.8 Å². The zero-order chi connectivity index (χ0) is 21.8. The summed E-state index contributed by atoms with van der Waals surface area (Å²) in [5.74, 6) is -0.592. The van der Waals surface area contributed by atoms with Crippen LogP contribution in [0.5, 0.6) is 5.75 Å². The first-order chi connectivity index (χ1) is 15.0. The normalized spacial score (nSPS) is 10.5. The Hall–Kier alpha value is -4.39. The fraction of sp³-hybridized carbons (Fsp3) is 0.0417. The van der Waals surface area contributed by atoms with Crippen LogP contribution in [0.15, 0.2) is 88.1 Å². The molecule has 0 saturated heterocycles. The van der Waals surface area contributed by atoms with Crippen molar-refractivity contribution in [1.29, 1.82) is 0 Å². The molecule has 0 bridgehead atoms. The molecule has 7 heteroatoms. The second kappa shape index (κ2) is 8.54. The quantitative estimate of drug-likeness (QED) is 0.507. The molecule has 0 atom stereocenters. The van der Waals surface area contributed by atoms with Crippen molar-refractivity contribution >= 4 is 34.2 Å². The summed E-state index contributed by atoms with van der Waals surface area (Å²) in [5.41, 5.74) is 1.07. The minimum atomic E-state index is -0.635. The van der Waals surface area contributed by atoms with E-state index in [9.17, 15) is 14.4 Å². The molecule has 2 amide bonds. The third-order valence-corrected chi connectivity index (χ3v) is 4.61. The second-order valence-electron chi connectivity index (χ2n) is 6.66. The Morgan fingerprint density at radius 2 is 1.61 bits per heavy atom. The summed E-state index contributed by atoms with van der Waals surface area (Å²) in [5, 5.41) is 5.81. The molecule has 1 aromatic heterocycles. The Morgan fingerprint density at radius 3 is 2.45 bits per heavy atom. The van der Waals surface area contributed by atoms with Crippen LogP contribution in [0.2, 0.25) is 0 Å². The molecule has 1 heterocycles. The van der Waals surface area contributed by atoms with Crippen LogP contribution in [0.25, 0.3) is 11.0 Å². The van der Waals surface area contributed by atoms with Gasteiger partial charge in [0.05, 0.1) is 23.7 Å². The third-order valence-electron chi connectivity index (χ3n) is 4.61. The van der Waals surface area contributed by atoms with E-state index in [1.807, 2.05) is 0 Å². The van der Waals surface area contributed by atoms with Crippen LogP contribution in [0.1, 0.15) is 20.9 Å². The highest BCUT2D eigenvalue weighted by molar-refractivity contribution is 6.12. The second-order valence-corrected chi connectivity index (χ2v) is 6.66. The van der Waals surface area contributed by atoms with E-state index in [-0.39, 0.29) is 22.4 Å². The van der Waals surface area contributed by atoms with Crippen molar-refractivity contribution in [2.45, 2.75) is 0 Å². The number of para-hydroxylation sites is 2. The summed E-state index contributed by atoms with van der Waals surface area (Å²) in [6.07, 6.45) is 0. The van der Waals surface area contributed by atoms with E-state index in [1.165, 1.54) is 7.11 Å². The van der Waals surface area contributed by atoms with Gasteiger partial charge in [-0.15, -0.1) is 0 Å². The van der Waals surface area contributed by atoms with Crippen molar-refractivity contribution in [2.75, 3.05) is 17.7 Å². The number of fused-ring (bicyclic) bond motifs is 1. The van der Waals surface area contributed by atoms with Gasteiger partial charge in [-0.05, 0) is 36.4 Å². The molecule has 2 N–H and O–H groups in total. The molecular weight excluding hydrogens is 396 g/mol. The Morgan fingerprint density at radius 1 is 0.839 bits per heavy atom. The molecule has 0 aliphatic heterocycles. The number of anilines is 2. The largest absolute Gasteiger partial charge is 0.497 e. The zero-order valence-electron chi connectivity index (χ0n) is 16.5. The predicted molar refractivity (Wildman–Crippen MR) is 118 cm³/mol. The number of hydrogen-bond acceptors (Lipinski definition) is 5. The highest BCUT2D eigenvalue weighted by Gasteiger charge is 2.17.